The molecule has 1 aliphatic rings. The minimum atomic E-state index is -0.784. The molecule has 5 aromatic rings. The predicted octanol–water partition coefficient (Wildman–Crippen LogP) is 3.56. The van der Waals surface area contributed by atoms with Crippen LogP contribution < -0.4 is 27.1 Å². The number of hydrogen-bond acceptors (Lipinski definition) is 11. The summed E-state index contributed by atoms with van der Waals surface area (Å²) in [6.07, 6.45) is 2.67. The number of carbonyl (C=O) groups excluding carboxylic acids is 4. The van der Waals surface area contributed by atoms with Gasteiger partial charge in [-0.05, 0) is 69.2 Å². The molecule has 4 heterocycles. The van der Waals surface area contributed by atoms with E-state index in [1.54, 1.807) is 68.3 Å². The second-order valence-corrected chi connectivity index (χ2v) is 15.5. The summed E-state index contributed by atoms with van der Waals surface area (Å²) in [6.45, 7) is 9.47. The van der Waals surface area contributed by atoms with Gasteiger partial charge in [0.15, 0.2) is 5.69 Å². The summed E-state index contributed by atoms with van der Waals surface area (Å²) in [5.41, 5.74) is 1.26. The fraction of sp³-hybridized carbons (Fsp3) is 0.364. The molecule has 2 aromatic carbocycles. The highest BCUT2D eigenvalue weighted by atomic mass is 19.1. The van der Waals surface area contributed by atoms with Crippen molar-refractivity contribution >= 4 is 40.3 Å². The van der Waals surface area contributed by atoms with Crippen molar-refractivity contribution in [2.24, 2.45) is 0 Å². The van der Waals surface area contributed by atoms with Gasteiger partial charge >= 0.3 is 6.09 Å². The third-order valence-electron chi connectivity index (χ3n) is 9.95. The zero-order chi connectivity index (χ0) is 44.4. The normalized spacial score (nSPS) is 12.9. The lowest BCUT2D eigenvalue weighted by molar-refractivity contribution is -0.131. The molecule has 0 unspecified atom stereocenters. The maximum absolute atomic E-state index is 14.9. The van der Waals surface area contributed by atoms with Crippen LogP contribution in [0.25, 0.3) is 21.9 Å². The smallest absolute Gasteiger partial charge is 0.412 e. The molecule has 18 heteroatoms. The molecule has 0 bridgehead atoms. The summed E-state index contributed by atoms with van der Waals surface area (Å²) in [5.74, 6) is -1.82. The van der Waals surface area contributed by atoms with Crippen molar-refractivity contribution in [3.05, 3.63) is 122 Å². The lowest BCUT2D eigenvalue weighted by Crippen LogP contribution is -2.52. The number of benzene rings is 2. The topological polar surface area (TPSA) is 210 Å². The van der Waals surface area contributed by atoms with Crippen molar-refractivity contribution in [2.75, 3.05) is 64.3 Å². The standard InChI is InChI=1S/C44H50FN9O8/c1-5-52-27-29(11-13-37(52)55)30-24-36(49-43(60)62-44(2,3)4)39(48-25-30)41(58)47-15-21-61-20-14-46-26-38(56)53-16-18-54(19-17-53)42(59)33-22-28(10-12-34(33)45)23-35-31-8-6-7-9-32(31)40(57)51-50-35/h6-13,22,24-25,27,46H,5,14-21,23,26H2,1-4H3,(H,47,58)(H,49,60)(H,51,57). The van der Waals surface area contributed by atoms with E-state index in [0.29, 0.717) is 46.2 Å². The van der Waals surface area contributed by atoms with Gasteiger partial charge in [0.25, 0.3) is 22.9 Å². The minimum absolute atomic E-state index is 0.0407. The average Bonchev–Trinajstić information content (AvgIpc) is 3.25. The van der Waals surface area contributed by atoms with Crippen molar-refractivity contribution in [1.29, 1.82) is 0 Å². The monoisotopic (exact) mass is 851 g/mol. The van der Waals surface area contributed by atoms with Crippen LogP contribution in [0.2, 0.25) is 0 Å². The fourth-order valence-electron chi connectivity index (χ4n) is 6.81. The van der Waals surface area contributed by atoms with E-state index in [4.69, 9.17) is 9.47 Å². The SMILES string of the molecule is CCn1cc(-c2cnc(C(=O)NCCOCCNCC(=O)N3CCN(C(=O)c4cc(Cc5n[nH]c(=O)c6ccccc56)ccc4F)CC3)c(NC(=O)OC(C)(C)C)c2)ccc1=O. The number of pyridine rings is 2. The molecule has 1 saturated heterocycles. The Kier molecular flexibility index (Phi) is 14.6. The summed E-state index contributed by atoms with van der Waals surface area (Å²) in [6, 6.07) is 16.1. The Morgan fingerprint density at radius 3 is 2.35 bits per heavy atom. The highest BCUT2D eigenvalue weighted by molar-refractivity contribution is 6.01. The first-order valence-corrected chi connectivity index (χ1v) is 20.3. The van der Waals surface area contributed by atoms with Gasteiger partial charge in [-0.15, -0.1) is 0 Å². The number of ether oxygens (including phenoxy) is 2. The number of aromatic nitrogens is 4. The van der Waals surface area contributed by atoms with Crippen LogP contribution in [0.3, 0.4) is 0 Å². The van der Waals surface area contributed by atoms with Gasteiger partial charge in [0.05, 0.1) is 42.1 Å². The van der Waals surface area contributed by atoms with Crippen LogP contribution in [0, 0.1) is 5.82 Å². The summed E-state index contributed by atoms with van der Waals surface area (Å²) in [7, 11) is 0. The molecule has 0 saturated carbocycles. The Morgan fingerprint density at radius 2 is 1.61 bits per heavy atom. The van der Waals surface area contributed by atoms with Gasteiger partial charge < -0.3 is 34.5 Å². The van der Waals surface area contributed by atoms with E-state index >= 15 is 0 Å². The quantitative estimate of drug-likeness (QED) is 0.112. The van der Waals surface area contributed by atoms with Crippen LogP contribution >= 0.6 is 0 Å². The van der Waals surface area contributed by atoms with Crippen LogP contribution in [0.4, 0.5) is 14.9 Å². The van der Waals surface area contributed by atoms with Gasteiger partial charge in [-0.3, -0.25) is 29.3 Å². The largest absolute Gasteiger partial charge is 0.444 e. The number of anilines is 1. The molecule has 0 aliphatic carbocycles. The van der Waals surface area contributed by atoms with Gasteiger partial charge in [-0.1, -0.05) is 24.3 Å². The van der Waals surface area contributed by atoms with Crippen molar-refractivity contribution in [1.82, 2.24) is 40.2 Å². The van der Waals surface area contributed by atoms with Gasteiger partial charge in [0.1, 0.15) is 11.4 Å². The predicted molar refractivity (Wildman–Crippen MR) is 230 cm³/mol. The number of aromatic amines is 1. The van der Waals surface area contributed by atoms with Gasteiger partial charge in [-0.25, -0.2) is 19.3 Å². The molecule has 1 fully saturated rings. The lowest BCUT2D eigenvalue weighted by Gasteiger charge is -2.35. The summed E-state index contributed by atoms with van der Waals surface area (Å²) >= 11 is 0. The Labute approximate surface area is 356 Å². The number of aryl methyl sites for hydroxylation is 1. The van der Waals surface area contributed by atoms with Crippen molar-refractivity contribution in [3.8, 4) is 11.1 Å². The number of nitrogens with zero attached hydrogens (tertiary/aromatic N) is 5. The Bertz CT molecular complexity index is 2560. The van der Waals surface area contributed by atoms with Crippen LogP contribution in [0.15, 0.2) is 82.6 Å². The fourth-order valence-corrected chi connectivity index (χ4v) is 6.81. The molecule has 4 N–H and O–H groups in total. The maximum atomic E-state index is 14.9. The molecule has 4 amide bonds. The van der Waals surface area contributed by atoms with Crippen LogP contribution in [-0.4, -0.2) is 118 Å². The second-order valence-electron chi connectivity index (χ2n) is 15.5. The van der Waals surface area contributed by atoms with Gasteiger partial charge in [-0.2, -0.15) is 5.10 Å². The first-order valence-electron chi connectivity index (χ1n) is 20.3. The average molecular weight is 852 g/mol. The number of amides is 4. The van der Waals surface area contributed by atoms with E-state index in [1.807, 2.05) is 13.0 Å². The molecular formula is C44H50FN9O8. The third kappa shape index (κ3) is 11.5. The van der Waals surface area contributed by atoms with E-state index < -0.39 is 29.3 Å². The zero-order valence-electron chi connectivity index (χ0n) is 35.1. The zero-order valence-corrected chi connectivity index (χ0v) is 35.1. The first kappa shape index (κ1) is 44.8. The number of nitrogens with one attached hydrogen (secondary N) is 4. The molecular weight excluding hydrogens is 802 g/mol. The number of halogens is 1. The number of H-pyrrole nitrogens is 1. The third-order valence-corrected chi connectivity index (χ3v) is 9.95. The lowest BCUT2D eigenvalue weighted by atomic mass is 10.0. The van der Waals surface area contributed by atoms with Crippen LogP contribution in [0.1, 0.15) is 59.8 Å². The molecule has 0 spiro atoms. The minimum Gasteiger partial charge on any atom is -0.444 e. The Morgan fingerprint density at radius 1 is 0.887 bits per heavy atom. The first-order chi connectivity index (χ1) is 29.7. The summed E-state index contributed by atoms with van der Waals surface area (Å²) in [5, 5.41) is 16.3. The van der Waals surface area contributed by atoms with E-state index in [1.165, 1.54) is 33.9 Å². The Hall–Kier alpha value is -6.79. The number of fused-ring (bicyclic) bond motifs is 1. The van der Waals surface area contributed by atoms with Gasteiger partial charge in [0.2, 0.25) is 5.91 Å². The molecule has 6 rings (SSSR count). The highest BCUT2D eigenvalue weighted by Crippen LogP contribution is 2.25. The molecule has 0 radical (unpaired) electrons. The molecule has 3 aromatic heterocycles. The van der Waals surface area contributed by atoms with E-state index in [0.717, 1.165) is 0 Å². The number of carbonyl (C=O) groups is 4. The number of hydrogen-bond donors (Lipinski definition) is 4. The van der Waals surface area contributed by atoms with E-state index in [9.17, 15) is 33.2 Å². The summed E-state index contributed by atoms with van der Waals surface area (Å²) in [4.78, 5) is 84.0. The summed E-state index contributed by atoms with van der Waals surface area (Å²) < 4.78 is 27.5. The molecule has 0 atom stereocenters. The van der Waals surface area contributed by atoms with Crippen LogP contribution in [0.5, 0.6) is 0 Å². The molecule has 62 heavy (non-hydrogen) atoms. The molecule has 17 nitrogen and oxygen atoms in total. The Balaban J connectivity index is 0.919. The van der Waals surface area contributed by atoms with Crippen molar-refractivity contribution in [2.45, 2.75) is 46.3 Å². The van der Waals surface area contributed by atoms with E-state index in [-0.39, 0.29) is 92.9 Å². The van der Waals surface area contributed by atoms with Crippen molar-refractivity contribution < 1.29 is 33.0 Å². The van der Waals surface area contributed by atoms with Crippen molar-refractivity contribution in [3.63, 3.8) is 0 Å². The molecule has 1 aliphatic heterocycles. The van der Waals surface area contributed by atoms with Crippen LogP contribution in [-0.2, 0) is 27.2 Å². The molecule has 326 valence electrons. The number of rotatable bonds is 15. The maximum Gasteiger partial charge on any atom is 0.412 e. The van der Waals surface area contributed by atoms with E-state index in [2.05, 4.69) is 31.1 Å². The van der Waals surface area contributed by atoms with Gasteiger partial charge in [0, 0.05) is 81.6 Å². The highest BCUT2D eigenvalue weighted by Gasteiger charge is 2.27. The second kappa shape index (κ2) is 20.2. The number of piperazine rings is 1.